The maximum Gasteiger partial charge on any atom is 0.260 e. The summed E-state index contributed by atoms with van der Waals surface area (Å²) in [6, 6.07) is 14.5. The topological polar surface area (TPSA) is 93.2 Å². The van der Waals surface area contributed by atoms with Crippen molar-refractivity contribution in [2.24, 2.45) is 0 Å². The molecule has 4 aromatic rings. The molecule has 1 amide bonds. The van der Waals surface area contributed by atoms with Crippen molar-refractivity contribution in [3.63, 3.8) is 0 Å². The van der Waals surface area contributed by atoms with Gasteiger partial charge in [0.25, 0.3) is 5.91 Å². The molecule has 31 heavy (non-hydrogen) atoms. The summed E-state index contributed by atoms with van der Waals surface area (Å²) in [5.74, 6) is 1.06. The lowest BCUT2D eigenvalue weighted by atomic mass is 10.1. The smallest absolute Gasteiger partial charge is 0.260 e. The number of methoxy groups -OCH3 is 1. The summed E-state index contributed by atoms with van der Waals surface area (Å²) in [6.45, 7) is 2.85. The van der Waals surface area contributed by atoms with E-state index in [4.69, 9.17) is 21.1 Å². The van der Waals surface area contributed by atoms with Gasteiger partial charge in [0.1, 0.15) is 17.0 Å². The summed E-state index contributed by atoms with van der Waals surface area (Å²) in [6.07, 6.45) is 1.49. The molecule has 0 saturated carbocycles. The Morgan fingerprint density at radius 3 is 2.65 bits per heavy atom. The molecule has 1 N–H and O–H groups in total. The Morgan fingerprint density at radius 1 is 1.13 bits per heavy atom. The average Bonchev–Trinajstić information content (AvgIpc) is 3.26. The number of hydrogen-bond donors (Lipinski definition) is 1. The van der Waals surface area contributed by atoms with Crippen LogP contribution < -0.4 is 14.4 Å². The molecule has 0 saturated heterocycles. The molecule has 0 aliphatic heterocycles. The predicted molar refractivity (Wildman–Crippen MR) is 118 cm³/mol. The molecule has 0 aliphatic rings. The normalized spacial score (nSPS) is 10.8. The van der Waals surface area contributed by atoms with Gasteiger partial charge in [-0.25, -0.2) is 4.98 Å². The molecule has 0 radical (unpaired) electrons. The number of carbonyl (C=O) groups is 1. The van der Waals surface area contributed by atoms with Gasteiger partial charge < -0.3 is 14.4 Å². The van der Waals surface area contributed by atoms with Crippen LogP contribution in [-0.4, -0.2) is 40.0 Å². The Labute approximate surface area is 183 Å². The minimum Gasteiger partial charge on any atom is -0.495 e. The van der Waals surface area contributed by atoms with Crippen molar-refractivity contribution in [1.82, 2.24) is 20.4 Å². The van der Waals surface area contributed by atoms with Crippen LogP contribution in [-0.2, 0) is 6.54 Å². The second-order valence-electron chi connectivity index (χ2n) is 6.68. The highest BCUT2D eigenvalue weighted by molar-refractivity contribution is 6.32. The van der Waals surface area contributed by atoms with Crippen molar-refractivity contribution in [3.05, 3.63) is 70.9 Å². The largest absolute Gasteiger partial charge is 0.495 e. The number of nitrogens with zero attached hydrogens (tertiary/aromatic N) is 4. The summed E-state index contributed by atoms with van der Waals surface area (Å²) in [4.78, 5) is 19.3. The van der Waals surface area contributed by atoms with Gasteiger partial charge in [-0.1, -0.05) is 23.7 Å². The van der Waals surface area contributed by atoms with E-state index in [0.717, 1.165) is 11.3 Å². The summed E-state index contributed by atoms with van der Waals surface area (Å²) in [7, 11) is 1.54. The Balaban J connectivity index is 1.70. The Morgan fingerprint density at radius 2 is 1.94 bits per heavy atom. The van der Waals surface area contributed by atoms with Crippen LogP contribution in [0.1, 0.15) is 22.8 Å². The molecule has 2 aromatic carbocycles. The van der Waals surface area contributed by atoms with Crippen LogP contribution in [0.2, 0.25) is 5.02 Å². The fourth-order valence-electron chi connectivity index (χ4n) is 3.16. The van der Waals surface area contributed by atoms with Gasteiger partial charge in [0.15, 0.2) is 0 Å². The van der Waals surface area contributed by atoms with Crippen molar-refractivity contribution in [2.45, 2.75) is 13.5 Å². The Kier molecular flexibility index (Phi) is 5.99. The molecule has 9 heteroatoms. The van der Waals surface area contributed by atoms with E-state index >= 15 is 0 Å². The van der Waals surface area contributed by atoms with Crippen molar-refractivity contribution in [3.8, 4) is 11.5 Å². The summed E-state index contributed by atoms with van der Waals surface area (Å²) >= 11 is 6.33. The first kappa shape index (κ1) is 20.6. The summed E-state index contributed by atoms with van der Waals surface area (Å²) in [5.41, 5.74) is 2.91. The first-order valence-corrected chi connectivity index (χ1v) is 10.0. The molecule has 8 nitrogen and oxygen atoms in total. The number of halogens is 1. The molecule has 0 unspecified atom stereocenters. The first-order chi connectivity index (χ1) is 15.1. The van der Waals surface area contributed by atoms with Gasteiger partial charge in [-0.15, -0.1) is 5.10 Å². The number of aromatic nitrogens is 4. The molecule has 4 rings (SSSR count). The lowest BCUT2D eigenvalue weighted by Gasteiger charge is -2.24. The third-order valence-electron chi connectivity index (χ3n) is 4.69. The zero-order chi connectivity index (χ0) is 21.8. The van der Waals surface area contributed by atoms with E-state index in [9.17, 15) is 4.79 Å². The van der Waals surface area contributed by atoms with E-state index in [0.29, 0.717) is 46.3 Å². The highest BCUT2D eigenvalue weighted by Gasteiger charge is 2.21. The number of ether oxygens (including phenoxy) is 2. The van der Waals surface area contributed by atoms with Crippen molar-refractivity contribution in [2.75, 3.05) is 18.6 Å². The van der Waals surface area contributed by atoms with Crippen molar-refractivity contribution < 1.29 is 14.3 Å². The quantitative estimate of drug-likeness (QED) is 0.464. The Bertz CT molecular complexity index is 1210. The molecule has 158 valence electrons. The van der Waals surface area contributed by atoms with Crippen LogP contribution in [0.15, 0.2) is 54.7 Å². The second-order valence-corrected chi connectivity index (χ2v) is 7.08. The average molecular weight is 438 g/mol. The van der Waals surface area contributed by atoms with Gasteiger partial charge in [0.05, 0.1) is 30.8 Å². The van der Waals surface area contributed by atoms with Gasteiger partial charge in [-0.05, 0) is 48.9 Å². The van der Waals surface area contributed by atoms with E-state index in [-0.39, 0.29) is 5.91 Å². The number of pyridine rings is 1. The first-order valence-electron chi connectivity index (χ1n) is 9.62. The number of nitrogens with one attached hydrogen (secondary N) is 1. The SMILES string of the molecule is CCOc1ccc(CN(C(=O)c2cnc3n[nH]nc3c2)c2ccc(OC)c(Cl)c2)cc1. The standard InChI is InChI=1S/C22H20ClN5O3/c1-3-31-17-7-4-14(5-8-17)13-28(16-6-9-20(30-2)18(23)11-16)22(29)15-10-19-21(24-12-15)26-27-25-19/h4-12H,3,13H2,1-2H3,(H,24,25,26,27). The third-order valence-corrected chi connectivity index (χ3v) is 4.98. The molecule has 0 aliphatic carbocycles. The van der Waals surface area contributed by atoms with Crippen LogP contribution in [0.25, 0.3) is 11.2 Å². The third kappa shape index (κ3) is 4.44. The molecule has 0 spiro atoms. The fraction of sp³-hybridized carbons (Fsp3) is 0.182. The zero-order valence-electron chi connectivity index (χ0n) is 17.0. The number of hydrogen-bond acceptors (Lipinski definition) is 6. The second kappa shape index (κ2) is 9.01. The summed E-state index contributed by atoms with van der Waals surface area (Å²) < 4.78 is 10.7. The number of carbonyl (C=O) groups excluding carboxylic acids is 1. The number of benzene rings is 2. The number of anilines is 1. The monoisotopic (exact) mass is 437 g/mol. The Hall–Kier alpha value is -3.65. The van der Waals surface area contributed by atoms with Gasteiger partial charge in [0, 0.05) is 11.9 Å². The number of rotatable bonds is 7. The molecule has 0 fully saturated rings. The van der Waals surface area contributed by atoms with Crippen LogP contribution >= 0.6 is 11.6 Å². The fourth-order valence-corrected chi connectivity index (χ4v) is 3.41. The number of aromatic amines is 1. The van der Waals surface area contributed by atoms with Gasteiger partial charge in [-0.2, -0.15) is 10.3 Å². The molecular formula is C22H20ClN5O3. The van der Waals surface area contributed by atoms with Crippen LogP contribution in [0, 0.1) is 0 Å². The lowest BCUT2D eigenvalue weighted by Crippen LogP contribution is -2.30. The maximum atomic E-state index is 13.5. The van der Waals surface area contributed by atoms with E-state index in [1.54, 1.807) is 36.3 Å². The zero-order valence-corrected chi connectivity index (χ0v) is 17.8. The van der Waals surface area contributed by atoms with Crippen LogP contribution in [0.3, 0.4) is 0 Å². The number of amides is 1. The predicted octanol–water partition coefficient (Wildman–Crippen LogP) is 4.26. The number of fused-ring (bicyclic) bond motifs is 1. The van der Waals surface area contributed by atoms with Crippen LogP contribution in [0.5, 0.6) is 11.5 Å². The van der Waals surface area contributed by atoms with Gasteiger partial charge in [0.2, 0.25) is 5.65 Å². The minimum atomic E-state index is -0.243. The van der Waals surface area contributed by atoms with Crippen LogP contribution in [0.4, 0.5) is 5.69 Å². The molecule has 0 bridgehead atoms. The lowest BCUT2D eigenvalue weighted by molar-refractivity contribution is 0.0985. The van der Waals surface area contributed by atoms with E-state index in [1.807, 2.05) is 31.2 Å². The highest BCUT2D eigenvalue weighted by Crippen LogP contribution is 2.31. The van der Waals surface area contributed by atoms with E-state index in [2.05, 4.69) is 20.4 Å². The molecule has 0 atom stereocenters. The minimum absolute atomic E-state index is 0.243. The number of H-pyrrole nitrogens is 1. The van der Waals surface area contributed by atoms with Crippen molar-refractivity contribution >= 4 is 34.4 Å². The van der Waals surface area contributed by atoms with E-state index in [1.165, 1.54) is 6.20 Å². The molecule has 2 heterocycles. The highest BCUT2D eigenvalue weighted by atomic mass is 35.5. The van der Waals surface area contributed by atoms with Gasteiger partial charge in [-0.3, -0.25) is 4.79 Å². The molecular weight excluding hydrogens is 418 g/mol. The van der Waals surface area contributed by atoms with Crippen molar-refractivity contribution in [1.29, 1.82) is 0 Å². The van der Waals surface area contributed by atoms with Gasteiger partial charge >= 0.3 is 0 Å². The van der Waals surface area contributed by atoms with E-state index < -0.39 is 0 Å². The summed E-state index contributed by atoms with van der Waals surface area (Å²) in [5, 5.41) is 10.9. The maximum absolute atomic E-state index is 13.5. The molecule has 2 aromatic heterocycles.